The minimum absolute atomic E-state index is 0.115. The second-order valence-corrected chi connectivity index (χ2v) is 10.2. The van der Waals surface area contributed by atoms with Gasteiger partial charge in [0.25, 0.3) is 12.4 Å². The number of nitrogens with one attached hydrogen (secondary N) is 2. The van der Waals surface area contributed by atoms with Crippen molar-refractivity contribution in [1.82, 2.24) is 34.4 Å². The number of nitriles is 1. The van der Waals surface area contributed by atoms with E-state index >= 15 is 0 Å². The molecule has 1 aromatic carbocycles. The van der Waals surface area contributed by atoms with Crippen LogP contribution < -0.4 is 10.6 Å². The molecule has 4 N–H and O–H groups in total. The molecule has 232 valence electrons. The van der Waals surface area contributed by atoms with E-state index in [-0.39, 0.29) is 46.7 Å². The Balaban J connectivity index is 0.00000141. The van der Waals surface area contributed by atoms with Gasteiger partial charge in [-0.3, -0.25) is 18.7 Å². The zero-order valence-corrected chi connectivity index (χ0v) is 24.0. The second kappa shape index (κ2) is 13.3. The first-order chi connectivity index (χ1) is 20.9. The topological polar surface area (TPSA) is 174 Å². The number of benzene rings is 1. The lowest BCUT2D eigenvalue weighted by molar-refractivity contribution is -0.141. The molecular formula is C27H27ClF3N9O4. The van der Waals surface area contributed by atoms with Gasteiger partial charge in [0.15, 0.2) is 17.2 Å². The third kappa shape index (κ3) is 6.91. The quantitative estimate of drug-likeness (QED) is 0.221. The maximum atomic E-state index is 13.7. The molecule has 17 heteroatoms. The molecule has 13 nitrogen and oxygen atoms in total. The number of imidazole rings is 1. The van der Waals surface area contributed by atoms with E-state index in [1.54, 1.807) is 36.2 Å². The number of carboxylic acid groups (broad SMARTS) is 1. The molecule has 0 saturated carbocycles. The fourth-order valence-corrected chi connectivity index (χ4v) is 5.14. The Bertz CT molecular complexity index is 1690. The van der Waals surface area contributed by atoms with Gasteiger partial charge in [-0.05, 0) is 38.1 Å². The van der Waals surface area contributed by atoms with E-state index in [4.69, 9.17) is 26.8 Å². The standard InChI is InChI=1S/C26H25ClF3N9O2.CH2O2/c1-32-15-25(41)4-8-37(9-5-25)24(40)17-3-2-16(12-19(17)27)35-22-23-34-13-20(39(23)11-7-33-22)18-14-38(10-6-31)36-21(18)26(28,29)30;2-1-3/h2-3,7,11-14,32,41H,4-5,8-10,15H2,1H3,(H,33,35);1H,(H,2,3). The number of hydrogen-bond acceptors (Lipinski definition) is 9. The van der Waals surface area contributed by atoms with Crippen LogP contribution in [0.1, 0.15) is 28.9 Å². The predicted octanol–water partition coefficient (Wildman–Crippen LogP) is 3.42. The summed E-state index contributed by atoms with van der Waals surface area (Å²) in [7, 11) is 1.77. The molecule has 1 aliphatic heterocycles. The molecule has 0 unspecified atom stereocenters. The molecule has 4 aromatic rings. The molecule has 1 aliphatic rings. The van der Waals surface area contributed by atoms with Crippen molar-refractivity contribution in [2.75, 3.05) is 32.0 Å². The lowest BCUT2D eigenvalue weighted by Gasteiger charge is -2.38. The van der Waals surface area contributed by atoms with Crippen molar-refractivity contribution in [3.63, 3.8) is 0 Å². The summed E-state index contributed by atoms with van der Waals surface area (Å²) in [5.74, 6) is -0.00434. The number of aliphatic hydroxyl groups is 1. The normalized spacial score (nSPS) is 14.4. The fraction of sp³-hybridized carbons (Fsp3) is 0.333. The van der Waals surface area contributed by atoms with E-state index in [1.165, 1.54) is 23.0 Å². The average Bonchev–Trinajstić information content (AvgIpc) is 3.59. The van der Waals surface area contributed by atoms with Crippen LogP contribution in [0.5, 0.6) is 0 Å². The lowest BCUT2D eigenvalue weighted by atomic mass is 9.91. The zero-order chi connectivity index (χ0) is 32.1. The van der Waals surface area contributed by atoms with Crippen molar-refractivity contribution in [2.24, 2.45) is 0 Å². The van der Waals surface area contributed by atoms with E-state index in [0.717, 1.165) is 10.9 Å². The highest BCUT2D eigenvalue weighted by molar-refractivity contribution is 6.34. The van der Waals surface area contributed by atoms with Crippen molar-refractivity contribution in [1.29, 1.82) is 5.26 Å². The molecule has 0 radical (unpaired) electrons. The van der Waals surface area contributed by atoms with E-state index in [2.05, 4.69) is 25.7 Å². The Labute approximate surface area is 253 Å². The third-order valence-corrected chi connectivity index (χ3v) is 7.23. The number of alkyl halides is 3. The number of carbonyl (C=O) groups excluding carboxylic acids is 1. The third-order valence-electron chi connectivity index (χ3n) is 6.92. The van der Waals surface area contributed by atoms with Crippen molar-refractivity contribution in [3.05, 3.63) is 59.3 Å². The van der Waals surface area contributed by atoms with Crippen LogP contribution in [0.25, 0.3) is 16.9 Å². The van der Waals surface area contributed by atoms with Crippen LogP contribution >= 0.6 is 11.6 Å². The number of aromatic nitrogens is 5. The Morgan fingerprint density at radius 3 is 2.59 bits per heavy atom. The molecule has 4 heterocycles. The summed E-state index contributed by atoms with van der Waals surface area (Å²) in [6, 6.07) is 6.56. The number of amides is 1. The fourth-order valence-electron chi connectivity index (χ4n) is 4.88. The number of likely N-dealkylation sites (N-methyl/N-ethyl adjacent to an activating group) is 1. The van der Waals surface area contributed by atoms with Crippen LogP contribution in [0.3, 0.4) is 0 Å². The van der Waals surface area contributed by atoms with Gasteiger partial charge in [-0.25, -0.2) is 9.97 Å². The van der Waals surface area contributed by atoms with Crippen molar-refractivity contribution < 1.29 is 33.0 Å². The first kappa shape index (κ1) is 32.2. The summed E-state index contributed by atoms with van der Waals surface area (Å²) in [6.45, 7) is 0.646. The van der Waals surface area contributed by atoms with Crippen LogP contribution in [0.2, 0.25) is 5.02 Å². The summed E-state index contributed by atoms with van der Waals surface area (Å²) < 4.78 is 43.5. The lowest BCUT2D eigenvalue weighted by Crippen LogP contribution is -2.50. The average molecular weight is 634 g/mol. The largest absolute Gasteiger partial charge is 0.483 e. The van der Waals surface area contributed by atoms with E-state index in [1.807, 2.05) is 0 Å². The number of piperidine rings is 1. The summed E-state index contributed by atoms with van der Waals surface area (Å²) in [4.78, 5) is 31.7. The molecule has 0 spiro atoms. The van der Waals surface area contributed by atoms with Gasteiger partial charge in [0.05, 0.1) is 39.7 Å². The molecule has 1 fully saturated rings. The number of carbonyl (C=O) groups is 2. The van der Waals surface area contributed by atoms with Crippen LogP contribution in [0, 0.1) is 11.3 Å². The summed E-state index contributed by atoms with van der Waals surface area (Å²) in [6.07, 6.45) is 1.45. The van der Waals surface area contributed by atoms with Crippen molar-refractivity contribution in [3.8, 4) is 17.3 Å². The molecule has 5 rings (SSSR count). The minimum Gasteiger partial charge on any atom is -0.483 e. The van der Waals surface area contributed by atoms with E-state index in [9.17, 15) is 23.1 Å². The van der Waals surface area contributed by atoms with Gasteiger partial charge in [-0.2, -0.15) is 23.5 Å². The maximum absolute atomic E-state index is 13.7. The number of halogens is 4. The van der Waals surface area contributed by atoms with E-state index in [0.29, 0.717) is 43.7 Å². The molecule has 3 aromatic heterocycles. The highest BCUT2D eigenvalue weighted by Gasteiger charge is 2.38. The monoisotopic (exact) mass is 633 g/mol. The molecule has 0 atom stereocenters. The molecule has 44 heavy (non-hydrogen) atoms. The summed E-state index contributed by atoms with van der Waals surface area (Å²) in [5.41, 5.74) is -1.07. The first-order valence-corrected chi connectivity index (χ1v) is 13.5. The number of anilines is 2. The van der Waals surface area contributed by atoms with Gasteiger partial charge < -0.3 is 25.7 Å². The van der Waals surface area contributed by atoms with Crippen molar-refractivity contribution >= 4 is 41.1 Å². The highest BCUT2D eigenvalue weighted by Crippen LogP contribution is 2.37. The Hall–Kier alpha value is -4.72. The molecular weight excluding hydrogens is 607 g/mol. The number of hydrogen-bond donors (Lipinski definition) is 4. The van der Waals surface area contributed by atoms with Crippen LogP contribution in [0.15, 0.2) is 43.0 Å². The smallest absolute Gasteiger partial charge is 0.435 e. The zero-order valence-electron chi connectivity index (χ0n) is 23.2. The Morgan fingerprint density at radius 1 is 1.27 bits per heavy atom. The van der Waals surface area contributed by atoms with E-state index < -0.39 is 17.5 Å². The minimum atomic E-state index is -4.74. The van der Waals surface area contributed by atoms with Gasteiger partial charge in [0.2, 0.25) is 0 Å². The van der Waals surface area contributed by atoms with Gasteiger partial charge in [0.1, 0.15) is 6.54 Å². The van der Waals surface area contributed by atoms with Crippen LogP contribution in [-0.4, -0.2) is 83.9 Å². The maximum Gasteiger partial charge on any atom is 0.435 e. The Morgan fingerprint density at radius 2 is 1.98 bits per heavy atom. The van der Waals surface area contributed by atoms with Crippen LogP contribution in [-0.2, 0) is 17.5 Å². The number of likely N-dealkylation sites (tertiary alicyclic amines) is 1. The van der Waals surface area contributed by atoms with Crippen LogP contribution in [0.4, 0.5) is 24.7 Å². The van der Waals surface area contributed by atoms with Gasteiger partial charge >= 0.3 is 6.18 Å². The van der Waals surface area contributed by atoms with Gasteiger partial charge in [-0.1, -0.05) is 11.6 Å². The van der Waals surface area contributed by atoms with Crippen molar-refractivity contribution in [2.45, 2.75) is 31.2 Å². The van der Waals surface area contributed by atoms with Gasteiger partial charge in [0, 0.05) is 43.9 Å². The Kier molecular flexibility index (Phi) is 9.72. The summed E-state index contributed by atoms with van der Waals surface area (Å²) >= 11 is 6.48. The molecule has 1 amide bonds. The summed E-state index contributed by atoms with van der Waals surface area (Å²) in [5, 5.41) is 36.1. The second-order valence-electron chi connectivity index (χ2n) is 9.83. The van der Waals surface area contributed by atoms with Gasteiger partial charge in [-0.15, -0.1) is 0 Å². The predicted molar refractivity (Wildman–Crippen MR) is 152 cm³/mol. The number of nitrogens with zero attached hydrogens (tertiary/aromatic N) is 7. The number of rotatable bonds is 7. The SMILES string of the molecule is CNCC1(O)CCN(C(=O)c2ccc(Nc3nccn4c(-c5cn(CC#N)nc5C(F)(F)F)cnc34)cc2Cl)CC1.O=CO. The highest BCUT2D eigenvalue weighted by atomic mass is 35.5. The first-order valence-electron chi connectivity index (χ1n) is 13.1. The molecule has 0 bridgehead atoms. The number of fused-ring (bicyclic) bond motifs is 1. The molecule has 0 aliphatic carbocycles. The molecule has 1 saturated heterocycles.